The first-order valence-electron chi connectivity index (χ1n) is 18.5. The number of hydrogen-bond acceptors (Lipinski definition) is 11. The monoisotopic (exact) mass is 1140 g/mol. The van der Waals surface area contributed by atoms with Crippen LogP contribution in [0.2, 0.25) is 15.1 Å². The van der Waals surface area contributed by atoms with Crippen LogP contribution in [-0.4, -0.2) is 49.3 Å². The predicted octanol–water partition coefficient (Wildman–Crippen LogP) is 11.7. The SMILES string of the molecule is C.CN(C)c1ccncc1.Nc1c(F)c(F)c(N)c(F)c1F.O=S(=O)(Cl)c1ccc(Cl)cc1.O=S(=O)(Nc1c(F)c(F)c(NS(=O)(=O)c2ccc(Cl)cc2)c(F)c1F)c1ccc(Cl)cc1.c1ccncc1. The molecule has 2 aromatic heterocycles. The zero-order valence-electron chi connectivity index (χ0n) is 35.3. The molecule has 0 spiro atoms. The van der Waals surface area contributed by atoms with E-state index in [0.717, 1.165) is 24.3 Å². The van der Waals surface area contributed by atoms with Gasteiger partial charge in [0, 0.05) is 70.3 Å². The molecule has 7 aromatic rings. The fraction of sp³-hybridized carbons (Fsp3) is 0.0698. The summed E-state index contributed by atoms with van der Waals surface area (Å²) in [6.07, 6.45) is 7.07. The molecule has 6 N–H and O–H groups in total. The van der Waals surface area contributed by atoms with Crippen LogP contribution in [-0.2, 0) is 29.1 Å². The lowest BCUT2D eigenvalue weighted by molar-refractivity contribution is 0.465. The zero-order chi connectivity index (χ0) is 52.7. The molecule has 0 fully saturated rings. The van der Waals surface area contributed by atoms with E-state index in [2.05, 4.69) is 21.4 Å². The van der Waals surface area contributed by atoms with E-state index >= 15 is 0 Å². The molecule has 382 valence electrons. The number of nitrogens with two attached hydrogens (primary N) is 2. The number of anilines is 5. The summed E-state index contributed by atoms with van der Waals surface area (Å²) in [5, 5.41) is 0.806. The van der Waals surface area contributed by atoms with Crippen LogP contribution in [0.3, 0.4) is 0 Å². The van der Waals surface area contributed by atoms with Gasteiger partial charge in [0.05, 0.1) is 14.7 Å². The molecule has 0 amide bonds. The van der Waals surface area contributed by atoms with Gasteiger partial charge in [-0.15, -0.1) is 0 Å². The van der Waals surface area contributed by atoms with Crippen molar-refractivity contribution in [2.45, 2.75) is 22.1 Å². The summed E-state index contributed by atoms with van der Waals surface area (Å²) in [7, 11) is -3.90. The minimum absolute atomic E-state index is 0. The van der Waals surface area contributed by atoms with E-state index < -0.39 is 108 Å². The molecule has 28 heteroatoms. The van der Waals surface area contributed by atoms with Crippen molar-refractivity contribution in [1.29, 1.82) is 0 Å². The number of nitrogen functional groups attached to an aromatic ring is 2. The molecular weight excluding hydrogens is 1100 g/mol. The topological polar surface area (TPSA) is 208 Å². The highest BCUT2D eigenvalue weighted by atomic mass is 35.7. The lowest BCUT2D eigenvalue weighted by atomic mass is 10.2. The predicted molar refractivity (Wildman–Crippen MR) is 260 cm³/mol. The number of benzene rings is 5. The van der Waals surface area contributed by atoms with Gasteiger partial charge in [0.1, 0.15) is 22.7 Å². The molecule has 71 heavy (non-hydrogen) atoms. The Bertz CT molecular complexity index is 2950. The second-order valence-corrected chi connectivity index (χ2v) is 20.5. The van der Waals surface area contributed by atoms with E-state index in [1.807, 2.05) is 49.3 Å². The van der Waals surface area contributed by atoms with Gasteiger partial charge in [0.15, 0.2) is 46.5 Å². The van der Waals surface area contributed by atoms with Crippen molar-refractivity contribution in [2.75, 3.05) is 39.9 Å². The molecule has 0 atom stereocenters. The zero-order valence-corrected chi connectivity index (χ0v) is 40.8. The van der Waals surface area contributed by atoms with Gasteiger partial charge in [0.2, 0.25) is 0 Å². The maximum absolute atomic E-state index is 14.5. The Hall–Kier alpha value is -6.15. The van der Waals surface area contributed by atoms with Gasteiger partial charge in [-0.05, 0) is 97.1 Å². The summed E-state index contributed by atoms with van der Waals surface area (Å²) in [5.41, 5.74) is 4.75. The van der Waals surface area contributed by atoms with Gasteiger partial charge in [-0.1, -0.05) is 48.3 Å². The van der Waals surface area contributed by atoms with Crippen LogP contribution in [0.5, 0.6) is 0 Å². The summed E-state index contributed by atoms with van der Waals surface area (Å²) < 4.78 is 181. The quantitative estimate of drug-likeness (QED) is 0.0487. The number of nitrogens with zero attached hydrogens (tertiary/aromatic N) is 3. The molecule has 13 nitrogen and oxygen atoms in total. The lowest BCUT2D eigenvalue weighted by Gasteiger charge is -2.15. The van der Waals surface area contributed by atoms with Crippen molar-refractivity contribution in [1.82, 2.24) is 9.97 Å². The first-order valence-corrected chi connectivity index (χ1v) is 24.9. The van der Waals surface area contributed by atoms with Gasteiger partial charge in [-0.2, -0.15) is 0 Å². The fourth-order valence-corrected chi connectivity index (χ4v) is 7.91. The highest BCUT2D eigenvalue weighted by Gasteiger charge is 2.31. The summed E-state index contributed by atoms with van der Waals surface area (Å²) in [4.78, 5) is 8.78. The maximum atomic E-state index is 14.5. The Labute approximate surface area is 422 Å². The molecule has 0 aliphatic carbocycles. The van der Waals surface area contributed by atoms with Crippen molar-refractivity contribution >= 4 is 103 Å². The smallest absolute Gasteiger partial charge is 0.262 e. The Kier molecular flexibility index (Phi) is 23.1. The van der Waals surface area contributed by atoms with E-state index in [0.29, 0.717) is 5.02 Å². The molecule has 0 saturated carbocycles. The molecule has 7 rings (SSSR count). The molecule has 0 aliphatic heterocycles. The lowest BCUT2D eigenvalue weighted by Crippen LogP contribution is -2.20. The second-order valence-electron chi connectivity index (χ2n) is 13.2. The minimum atomic E-state index is -4.68. The van der Waals surface area contributed by atoms with Crippen LogP contribution in [0.4, 0.5) is 63.6 Å². The van der Waals surface area contributed by atoms with Crippen LogP contribution in [0.25, 0.3) is 0 Å². The van der Waals surface area contributed by atoms with Crippen molar-refractivity contribution < 1.29 is 60.4 Å². The number of halogens is 12. The summed E-state index contributed by atoms with van der Waals surface area (Å²) in [5.74, 6) is -15.4. The van der Waals surface area contributed by atoms with Crippen LogP contribution in [0.1, 0.15) is 7.43 Å². The second kappa shape index (κ2) is 26.9. The number of pyridine rings is 2. The molecule has 0 unspecified atom stereocenters. The highest BCUT2D eigenvalue weighted by molar-refractivity contribution is 8.13. The summed E-state index contributed by atoms with van der Waals surface area (Å²) >= 11 is 16.8. The van der Waals surface area contributed by atoms with Crippen LogP contribution < -0.4 is 25.8 Å². The summed E-state index contributed by atoms with van der Waals surface area (Å²) in [6.45, 7) is 0. The van der Waals surface area contributed by atoms with Crippen molar-refractivity contribution in [3.05, 3.63) is 190 Å². The largest absolute Gasteiger partial charge is 0.394 e. The van der Waals surface area contributed by atoms with E-state index in [-0.39, 0.29) is 22.4 Å². The fourth-order valence-electron chi connectivity index (χ4n) is 4.64. The van der Waals surface area contributed by atoms with Gasteiger partial charge in [-0.25, -0.2) is 60.4 Å². The first kappa shape index (κ1) is 61.0. The van der Waals surface area contributed by atoms with Gasteiger partial charge in [0.25, 0.3) is 29.1 Å². The number of sulfonamides is 2. The third kappa shape index (κ3) is 17.6. The molecule has 0 radical (unpaired) electrons. The number of rotatable bonds is 8. The van der Waals surface area contributed by atoms with Gasteiger partial charge in [-0.3, -0.25) is 19.4 Å². The minimum Gasteiger partial charge on any atom is -0.394 e. The number of aromatic nitrogens is 2. The van der Waals surface area contributed by atoms with Crippen molar-refractivity contribution in [3.63, 3.8) is 0 Å². The van der Waals surface area contributed by atoms with E-state index in [4.69, 9.17) is 45.5 Å². The Morgan fingerprint density at radius 1 is 0.451 bits per heavy atom. The van der Waals surface area contributed by atoms with E-state index in [1.165, 1.54) is 63.7 Å². The number of hydrogen-bond donors (Lipinski definition) is 4. The third-order valence-corrected chi connectivity index (χ3v) is 13.0. The molecule has 0 bridgehead atoms. The highest BCUT2D eigenvalue weighted by Crippen LogP contribution is 2.34. The van der Waals surface area contributed by atoms with E-state index in [1.54, 1.807) is 24.8 Å². The Balaban J connectivity index is 0.000000359. The average molecular weight is 1140 g/mol. The Morgan fingerprint density at radius 3 is 0.958 bits per heavy atom. The van der Waals surface area contributed by atoms with Crippen molar-refractivity contribution in [3.8, 4) is 0 Å². The molecule has 0 aliphatic rings. The van der Waals surface area contributed by atoms with Gasteiger partial charge < -0.3 is 16.4 Å². The van der Waals surface area contributed by atoms with Crippen LogP contribution in [0.15, 0.2) is 143 Å². The van der Waals surface area contributed by atoms with Crippen LogP contribution >= 0.6 is 45.5 Å². The van der Waals surface area contributed by atoms with Crippen LogP contribution in [0, 0.1) is 46.5 Å². The molecular formula is C43H37Cl4F8N7O6S3. The first-order chi connectivity index (χ1) is 32.6. The number of nitrogens with one attached hydrogen (secondary N) is 2. The van der Waals surface area contributed by atoms with Crippen molar-refractivity contribution in [2.24, 2.45) is 0 Å². The molecule has 2 heterocycles. The maximum Gasteiger partial charge on any atom is 0.262 e. The summed E-state index contributed by atoms with van der Waals surface area (Å²) in [6, 6.07) is 23.9. The normalized spacial score (nSPS) is 10.7. The van der Waals surface area contributed by atoms with Gasteiger partial charge >= 0.3 is 0 Å². The standard InChI is InChI=1S/C18H10Cl2F4N2O4S2.C7H10N2.C6H4Cl2O2S.C6H4F4N2.C5H5N.CH4/c19-9-1-5-11(6-2-9)31(27,28)25-17-13(21)15(23)18(16(24)14(17)22)26-32(29,30)12-7-3-10(20)4-8-12;1-9(2)7-3-5-8-6-4-7;7-5-1-3-6(4-2-5)11(8,9)10;7-1-2(8)6(12)4(10)3(9)5(1)11;1-2-4-6-5-3-1;/h1-8,25-26H;3-6H,1-2H3;1-4H;11-12H2;1-5H;1H4. The molecule has 0 saturated heterocycles. The average Bonchev–Trinajstić information content (AvgIpc) is 3.33. The molecule has 5 aromatic carbocycles. The van der Waals surface area contributed by atoms with E-state index in [9.17, 15) is 60.4 Å². The Morgan fingerprint density at radius 2 is 0.732 bits per heavy atom. The third-order valence-electron chi connectivity index (χ3n) is 8.16.